The molecule has 74 valence electrons. The quantitative estimate of drug-likeness (QED) is 0.658. The number of hydrogen-bond acceptors (Lipinski definition) is 4. The van der Waals surface area contributed by atoms with Crippen LogP contribution in [0.3, 0.4) is 0 Å². The predicted octanol–water partition coefficient (Wildman–Crippen LogP) is 1.50. The SMILES string of the molecule is O=C1OC2(CCNCC2)c2sccc21. The summed E-state index contributed by atoms with van der Waals surface area (Å²) in [5.74, 6) is -0.136. The van der Waals surface area contributed by atoms with Gasteiger partial charge in [-0.25, -0.2) is 4.79 Å². The monoisotopic (exact) mass is 209 g/mol. The van der Waals surface area contributed by atoms with E-state index in [1.165, 1.54) is 0 Å². The largest absolute Gasteiger partial charge is 0.450 e. The zero-order chi connectivity index (χ0) is 9.60. The molecule has 14 heavy (non-hydrogen) atoms. The molecule has 0 bridgehead atoms. The summed E-state index contributed by atoms with van der Waals surface area (Å²) in [5, 5.41) is 5.27. The van der Waals surface area contributed by atoms with E-state index >= 15 is 0 Å². The number of ether oxygens (including phenoxy) is 1. The molecule has 0 aliphatic carbocycles. The van der Waals surface area contributed by atoms with Crippen LogP contribution in [0.4, 0.5) is 0 Å². The summed E-state index contributed by atoms with van der Waals surface area (Å²) in [4.78, 5) is 12.7. The molecule has 1 fully saturated rings. The molecule has 0 unspecified atom stereocenters. The summed E-state index contributed by atoms with van der Waals surface area (Å²) in [6.07, 6.45) is 1.82. The van der Waals surface area contributed by atoms with Crippen LogP contribution in [0.15, 0.2) is 11.4 Å². The lowest BCUT2D eigenvalue weighted by atomic mass is 9.91. The Morgan fingerprint density at radius 3 is 3.00 bits per heavy atom. The fraction of sp³-hybridized carbons (Fsp3) is 0.500. The summed E-state index contributed by atoms with van der Waals surface area (Å²) in [7, 11) is 0. The van der Waals surface area contributed by atoms with Gasteiger partial charge in [0.2, 0.25) is 0 Å². The van der Waals surface area contributed by atoms with Crippen molar-refractivity contribution in [3.8, 4) is 0 Å². The van der Waals surface area contributed by atoms with Gasteiger partial charge in [0.25, 0.3) is 0 Å². The fourth-order valence-corrected chi connectivity index (χ4v) is 3.34. The molecule has 0 atom stereocenters. The van der Waals surface area contributed by atoms with Crippen LogP contribution in [0.1, 0.15) is 28.1 Å². The summed E-state index contributed by atoms with van der Waals surface area (Å²) in [5.41, 5.74) is 0.503. The zero-order valence-corrected chi connectivity index (χ0v) is 8.52. The number of piperidine rings is 1. The maximum absolute atomic E-state index is 11.6. The lowest BCUT2D eigenvalue weighted by Crippen LogP contribution is -2.39. The van der Waals surface area contributed by atoms with E-state index in [9.17, 15) is 4.79 Å². The Morgan fingerprint density at radius 2 is 2.21 bits per heavy atom. The van der Waals surface area contributed by atoms with Crippen molar-refractivity contribution in [2.45, 2.75) is 18.4 Å². The van der Waals surface area contributed by atoms with E-state index in [1.54, 1.807) is 11.3 Å². The Balaban J connectivity index is 2.07. The number of esters is 1. The van der Waals surface area contributed by atoms with Gasteiger partial charge < -0.3 is 10.1 Å². The zero-order valence-electron chi connectivity index (χ0n) is 7.71. The summed E-state index contributed by atoms with van der Waals surface area (Å²) in [6.45, 7) is 1.87. The molecular weight excluding hydrogens is 198 g/mol. The van der Waals surface area contributed by atoms with Gasteiger partial charge in [-0.1, -0.05) is 0 Å². The Bertz CT molecular complexity index is 379. The highest BCUT2D eigenvalue weighted by Gasteiger charge is 2.47. The first kappa shape index (κ1) is 8.44. The summed E-state index contributed by atoms with van der Waals surface area (Å²) in [6, 6.07) is 1.87. The van der Waals surface area contributed by atoms with E-state index in [0.717, 1.165) is 36.4 Å². The van der Waals surface area contributed by atoms with Crippen molar-refractivity contribution in [1.82, 2.24) is 5.32 Å². The third kappa shape index (κ3) is 0.980. The van der Waals surface area contributed by atoms with Crippen molar-refractivity contribution in [2.75, 3.05) is 13.1 Å². The van der Waals surface area contributed by atoms with Crippen LogP contribution in [-0.2, 0) is 10.3 Å². The van der Waals surface area contributed by atoms with Crippen molar-refractivity contribution in [3.63, 3.8) is 0 Å². The lowest BCUT2D eigenvalue weighted by molar-refractivity contribution is -0.0227. The molecule has 1 spiro atoms. The van der Waals surface area contributed by atoms with E-state index in [-0.39, 0.29) is 11.6 Å². The Kier molecular flexibility index (Phi) is 1.69. The van der Waals surface area contributed by atoms with Crippen LogP contribution in [0.25, 0.3) is 0 Å². The second-order valence-electron chi connectivity index (χ2n) is 3.80. The number of thiophene rings is 1. The molecular formula is C10H11NO2S. The Hall–Kier alpha value is -0.870. The second-order valence-corrected chi connectivity index (χ2v) is 4.71. The third-order valence-corrected chi connectivity index (χ3v) is 4.10. The van der Waals surface area contributed by atoms with Crippen LogP contribution < -0.4 is 5.32 Å². The molecule has 4 heteroatoms. The molecule has 0 saturated carbocycles. The lowest BCUT2D eigenvalue weighted by Gasteiger charge is -2.32. The van der Waals surface area contributed by atoms with Gasteiger partial charge >= 0.3 is 5.97 Å². The van der Waals surface area contributed by atoms with Crippen molar-refractivity contribution in [1.29, 1.82) is 0 Å². The Labute approximate surface area is 86.1 Å². The highest BCUT2D eigenvalue weighted by Crippen LogP contribution is 2.45. The highest BCUT2D eigenvalue weighted by atomic mass is 32.1. The third-order valence-electron chi connectivity index (χ3n) is 3.00. The first-order valence-corrected chi connectivity index (χ1v) is 5.72. The molecule has 2 aliphatic heterocycles. The number of fused-ring (bicyclic) bond motifs is 2. The minimum absolute atomic E-state index is 0.136. The molecule has 0 amide bonds. The predicted molar refractivity (Wildman–Crippen MR) is 53.5 cm³/mol. The van der Waals surface area contributed by atoms with Gasteiger partial charge in [-0.2, -0.15) is 0 Å². The van der Waals surface area contributed by atoms with Crippen LogP contribution >= 0.6 is 11.3 Å². The van der Waals surface area contributed by atoms with Crippen molar-refractivity contribution in [3.05, 3.63) is 21.9 Å². The fourth-order valence-electron chi connectivity index (χ4n) is 2.26. The molecule has 2 aliphatic rings. The van der Waals surface area contributed by atoms with Gasteiger partial charge in [-0.15, -0.1) is 11.3 Å². The number of carbonyl (C=O) groups excluding carboxylic acids is 1. The summed E-state index contributed by atoms with van der Waals surface area (Å²) >= 11 is 1.65. The van der Waals surface area contributed by atoms with E-state index in [2.05, 4.69) is 5.32 Å². The number of carbonyl (C=O) groups is 1. The second kappa shape index (κ2) is 2.81. The van der Waals surface area contributed by atoms with Crippen molar-refractivity contribution >= 4 is 17.3 Å². The van der Waals surface area contributed by atoms with Crippen LogP contribution in [0.2, 0.25) is 0 Å². The number of hydrogen-bond donors (Lipinski definition) is 1. The highest BCUT2D eigenvalue weighted by molar-refractivity contribution is 7.10. The van der Waals surface area contributed by atoms with Gasteiger partial charge in [-0.3, -0.25) is 0 Å². The topological polar surface area (TPSA) is 38.3 Å². The standard InChI is InChI=1S/C10H11NO2S/c12-9-7-1-6-14-8(7)10(13-9)2-4-11-5-3-10/h1,6,11H,2-5H2. The maximum atomic E-state index is 11.6. The van der Waals surface area contributed by atoms with Crippen LogP contribution in [0.5, 0.6) is 0 Å². The average Bonchev–Trinajstić information content (AvgIpc) is 2.74. The van der Waals surface area contributed by atoms with Gasteiger partial charge in [-0.05, 0) is 24.5 Å². The van der Waals surface area contributed by atoms with Gasteiger partial charge in [0.15, 0.2) is 0 Å². The van der Waals surface area contributed by atoms with Crippen molar-refractivity contribution in [2.24, 2.45) is 0 Å². The normalized spacial score (nSPS) is 23.6. The molecule has 3 rings (SSSR count). The average molecular weight is 209 g/mol. The molecule has 1 aromatic rings. The van der Waals surface area contributed by atoms with Crippen molar-refractivity contribution < 1.29 is 9.53 Å². The van der Waals surface area contributed by atoms with Crippen LogP contribution in [-0.4, -0.2) is 19.1 Å². The maximum Gasteiger partial charge on any atom is 0.340 e. The Morgan fingerprint density at radius 1 is 1.43 bits per heavy atom. The molecule has 3 nitrogen and oxygen atoms in total. The first-order valence-electron chi connectivity index (χ1n) is 4.84. The smallest absolute Gasteiger partial charge is 0.340 e. The van der Waals surface area contributed by atoms with Gasteiger partial charge in [0, 0.05) is 12.8 Å². The molecule has 1 saturated heterocycles. The van der Waals surface area contributed by atoms with E-state index in [4.69, 9.17) is 4.74 Å². The van der Waals surface area contributed by atoms with E-state index < -0.39 is 0 Å². The van der Waals surface area contributed by atoms with Crippen LogP contribution in [0, 0.1) is 0 Å². The number of rotatable bonds is 0. The minimum atomic E-state index is -0.286. The van der Waals surface area contributed by atoms with Gasteiger partial charge in [0.1, 0.15) is 5.60 Å². The minimum Gasteiger partial charge on any atom is -0.450 e. The van der Waals surface area contributed by atoms with Gasteiger partial charge in [0.05, 0.1) is 10.4 Å². The van der Waals surface area contributed by atoms with E-state index in [0.29, 0.717) is 0 Å². The first-order chi connectivity index (χ1) is 6.82. The molecule has 3 heterocycles. The number of nitrogens with one attached hydrogen (secondary N) is 1. The van der Waals surface area contributed by atoms with E-state index in [1.807, 2.05) is 11.4 Å². The summed E-state index contributed by atoms with van der Waals surface area (Å²) < 4.78 is 5.53. The molecule has 1 aromatic heterocycles. The molecule has 1 N–H and O–H groups in total. The molecule has 0 aromatic carbocycles. The molecule has 0 radical (unpaired) electrons.